The molecule has 0 saturated heterocycles. The van der Waals surface area contributed by atoms with Crippen molar-refractivity contribution in [2.45, 2.75) is 41.5 Å². The van der Waals surface area contributed by atoms with Gasteiger partial charge in [0.1, 0.15) is 0 Å². The van der Waals surface area contributed by atoms with E-state index in [2.05, 4.69) is 154 Å². The Bertz CT molecular complexity index is 5030. The van der Waals surface area contributed by atoms with Crippen LogP contribution in [0.4, 0.5) is 0 Å². The molecule has 45 heteroatoms. The summed E-state index contributed by atoms with van der Waals surface area (Å²) in [6.45, 7) is 11.4. The number of pyridine rings is 6. The van der Waals surface area contributed by atoms with Crippen LogP contribution in [0.15, 0.2) is 147 Å². The van der Waals surface area contributed by atoms with E-state index >= 15 is 0 Å². The van der Waals surface area contributed by atoms with Crippen LogP contribution >= 0.6 is 0 Å². The Balaban J connectivity index is 0.000000134. The molecule has 0 amide bonds. The Morgan fingerprint density at radius 3 is 0.505 bits per heavy atom. The fourth-order valence-electron chi connectivity index (χ4n) is 9.92. The van der Waals surface area contributed by atoms with Crippen molar-refractivity contribution in [2.24, 2.45) is 0 Å². The van der Waals surface area contributed by atoms with E-state index in [4.69, 9.17) is 0 Å². The molecule has 18 aromatic heterocycles. The van der Waals surface area contributed by atoms with Gasteiger partial charge in [-0.2, -0.15) is 31.3 Å². The zero-order chi connectivity index (χ0) is 71.0. The van der Waals surface area contributed by atoms with Crippen LogP contribution < -0.4 is 87.6 Å². The van der Waals surface area contributed by atoms with Gasteiger partial charge in [-0.1, -0.05) is 0 Å². The van der Waals surface area contributed by atoms with E-state index in [1.165, 1.54) is 63.6 Å². The fraction of sp³-hybridized carbons (Fsp3) is 0.100. The van der Waals surface area contributed by atoms with Crippen LogP contribution in [0.25, 0.3) is 102 Å². The summed E-state index contributed by atoms with van der Waals surface area (Å²) in [5, 5.41) is 157. The molecule has 0 aliphatic rings. The second kappa shape index (κ2) is 33.4. The molecule has 0 saturated carbocycles. The number of nitrogens with zero attached hydrogens (tertiary/aromatic N) is 36. The summed E-state index contributed by atoms with van der Waals surface area (Å²) < 4.78 is 8.76. The first-order valence-electron chi connectivity index (χ1n) is 29.6. The van der Waals surface area contributed by atoms with Gasteiger partial charge in [-0.15, -0.1) is 0 Å². The standard InChI is InChI=1S/6C10H7N6O.3Cd/c6*1-6-3-2-4-16-9(6)11-5-7(10(16)17)8-12-14-15-13-8;;;/h6*2-5H,1H3;;;/q6*-1;3*+2. The maximum Gasteiger partial charge on any atom is 2.00 e. The molecule has 18 aromatic rings. The summed E-state index contributed by atoms with van der Waals surface area (Å²) >= 11 is 0. The van der Waals surface area contributed by atoms with Crippen LogP contribution in [-0.2, 0) is 81.9 Å². The molecule has 0 radical (unpaired) electrons. The zero-order valence-corrected chi connectivity index (χ0v) is 67.6. The maximum absolute atomic E-state index is 12.2. The van der Waals surface area contributed by atoms with Crippen LogP contribution in [-0.4, -0.2) is 123 Å². The van der Waals surface area contributed by atoms with Gasteiger partial charge in [0.05, 0.1) is 106 Å². The van der Waals surface area contributed by atoms with Crippen molar-refractivity contribution in [3.05, 3.63) is 181 Å². The fourth-order valence-corrected chi connectivity index (χ4v) is 9.92. The van der Waals surface area contributed by atoms with Crippen LogP contribution in [0.3, 0.4) is 0 Å². The Labute approximate surface area is 647 Å². The van der Waals surface area contributed by atoms with E-state index in [9.17, 15) is 30.6 Å². The number of fused-ring (bicyclic) bond motifs is 6. The van der Waals surface area contributed by atoms with Crippen molar-refractivity contribution in [1.29, 1.82) is 0 Å². The topological polar surface area (TPSA) is 557 Å². The van der Waals surface area contributed by atoms with E-state index in [0.29, 0.717) is 33.9 Å². The summed E-state index contributed by atoms with van der Waals surface area (Å²) in [6, 6.07) is 22.1. The van der Waals surface area contributed by atoms with Crippen LogP contribution in [0.1, 0.15) is 33.4 Å². The summed E-state index contributed by atoms with van der Waals surface area (Å²) in [5.41, 5.74) is 11.0. The predicted octanol–water partition coefficient (Wildman–Crippen LogP) is -5.94. The molecule has 0 aliphatic carbocycles. The van der Waals surface area contributed by atoms with Crippen molar-refractivity contribution in [3.63, 3.8) is 0 Å². The van der Waals surface area contributed by atoms with Gasteiger partial charge in [-0.25, -0.2) is 26.4 Å². The molecule has 42 nitrogen and oxygen atoms in total. The van der Waals surface area contributed by atoms with Crippen molar-refractivity contribution >= 4 is 33.9 Å². The minimum absolute atomic E-state index is 0. The van der Waals surface area contributed by atoms with Gasteiger partial charge in [-0.05, 0) is 144 Å². The summed E-state index contributed by atoms with van der Waals surface area (Å²) in [4.78, 5) is 25.3. The van der Waals surface area contributed by atoms with Crippen LogP contribution in [0.5, 0.6) is 35.3 Å². The number of aromatic nitrogens is 36. The number of hydrogen-bond donors (Lipinski definition) is 0. The molecule has 0 bridgehead atoms. The second-order valence-corrected chi connectivity index (χ2v) is 21.4. The Kier molecular flexibility index (Phi) is 23.9. The van der Waals surface area contributed by atoms with E-state index < -0.39 is 0 Å². The average Bonchev–Trinajstić information content (AvgIpc) is 1.80. The van der Waals surface area contributed by atoms with Crippen molar-refractivity contribution in [1.82, 2.24) is 154 Å². The van der Waals surface area contributed by atoms with Crippen LogP contribution in [0, 0.1) is 41.5 Å². The smallest absolute Gasteiger partial charge is 0.841 e. The molecule has 504 valence electrons. The minimum Gasteiger partial charge on any atom is -0.841 e. The third kappa shape index (κ3) is 15.7. The molecular formula is C60H42Cd3N36O6. The number of hydrogen-bond acceptors (Lipinski definition) is 30. The van der Waals surface area contributed by atoms with Gasteiger partial charge in [0.15, 0.2) is 37.2 Å². The molecular weight excluding hydrogens is 1660 g/mol. The average molecular weight is 1700 g/mol. The largest absolute Gasteiger partial charge is 2.00 e. The van der Waals surface area contributed by atoms with Gasteiger partial charge in [0.25, 0.3) is 0 Å². The monoisotopic (exact) mass is 1700 g/mol. The second-order valence-electron chi connectivity index (χ2n) is 21.4. The number of tetrazole rings is 6. The first-order chi connectivity index (χ1) is 49.6. The molecule has 0 aromatic carbocycles. The summed E-state index contributed by atoms with van der Waals surface area (Å²) in [5.74, 6) is -0.212. The predicted molar refractivity (Wildman–Crippen MR) is 322 cm³/mol. The number of aryl methyl sites for hydroxylation is 6. The third-order valence-corrected chi connectivity index (χ3v) is 14.9. The van der Waals surface area contributed by atoms with Crippen molar-refractivity contribution in [2.75, 3.05) is 0 Å². The van der Waals surface area contributed by atoms with Gasteiger partial charge in [0.2, 0.25) is 0 Å². The van der Waals surface area contributed by atoms with Crippen molar-refractivity contribution < 1.29 is 139 Å². The number of rotatable bonds is 6. The Morgan fingerprint density at radius 2 is 0.381 bits per heavy atom. The zero-order valence-electron chi connectivity index (χ0n) is 55.5. The third-order valence-electron chi connectivity index (χ3n) is 14.9. The Hall–Kier alpha value is -12.7. The van der Waals surface area contributed by atoms with E-state index in [1.807, 2.05) is 77.9 Å². The maximum atomic E-state index is 12.2. The van der Waals surface area contributed by atoms with Gasteiger partial charge >= 0.3 is 116 Å². The molecule has 0 fully saturated rings. The molecule has 18 rings (SSSR count). The molecule has 18 heterocycles. The molecule has 0 N–H and O–H groups in total. The van der Waals surface area contributed by atoms with Gasteiger partial charge < -0.3 is 61.2 Å². The molecule has 0 unspecified atom stereocenters. The van der Waals surface area contributed by atoms with E-state index in [-0.39, 0.29) is 186 Å². The molecule has 105 heavy (non-hydrogen) atoms. The normalized spacial score (nSPS) is 10.6. The first-order valence-corrected chi connectivity index (χ1v) is 29.6. The summed E-state index contributed by atoms with van der Waals surface area (Å²) in [6.07, 6.45) is 18.6. The molecule has 0 spiro atoms. The molecule has 0 atom stereocenters. The van der Waals surface area contributed by atoms with Gasteiger partial charge in [-0.3, -0.25) is 61.9 Å². The van der Waals surface area contributed by atoms with E-state index in [0.717, 1.165) is 33.4 Å². The minimum atomic E-state index is -0.228. The van der Waals surface area contributed by atoms with E-state index in [1.54, 1.807) is 73.6 Å². The van der Waals surface area contributed by atoms with Gasteiger partial charge in [0, 0.05) is 68.3 Å². The SMILES string of the molecule is Cc1ccc[n+]2c([O-])c(-c3nnn[n-]3)cnc12.Cc1ccc[n+]2c([O-])c(-c3nnn[n-]3)cnc12.Cc1ccc[n+]2c([O-])c(-c3nnn[n-]3)cnc12.Cc1ccc[n+]2c([O-])c(-c3nnn[n-]3)cnc12.Cc1ccc[n+]2c([O-])c(-c3nnn[n-]3)cnc12.Cc1ccc[n+]2c([O-])c(-c3nnn[n-]3)cnc12.[Cd+2].[Cd+2].[Cd+2]. The van der Waals surface area contributed by atoms with Crippen molar-refractivity contribution in [3.8, 4) is 104 Å². The quantitative estimate of drug-likeness (QED) is 0.110. The first kappa shape index (κ1) is 75.0. The summed E-state index contributed by atoms with van der Waals surface area (Å²) in [7, 11) is 0. The molecule has 0 aliphatic heterocycles. The Morgan fingerprint density at radius 1 is 0.238 bits per heavy atom. The van der Waals surface area contributed by atoms with Crippen LogP contribution in [0.2, 0.25) is 0 Å².